The zero-order chi connectivity index (χ0) is 18.9. The molecule has 144 valence electrons. The third kappa shape index (κ3) is 3.92. The van der Waals surface area contributed by atoms with E-state index in [0.717, 1.165) is 45.6 Å². The van der Waals surface area contributed by atoms with Gasteiger partial charge in [0.25, 0.3) is 5.91 Å². The van der Waals surface area contributed by atoms with Crippen LogP contribution in [0.5, 0.6) is 0 Å². The Balaban J connectivity index is 1.24. The summed E-state index contributed by atoms with van der Waals surface area (Å²) in [6.45, 7) is 6.84. The topological polar surface area (TPSA) is 55.9 Å². The SMILES string of the molecule is CC1(C2CC2)NC(=O)N(CN2CCN(C/C=C/c3ccccc3)CC2)C1=O. The first-order valence-corrected chi connectivity index (χ1v) is 9.87. The van der Waals surface area contributed by atoms with Gasteiger partial charge in [-0.25, -0.2) is 9.69 Å². The molecule has 2 aliphatic heterocycles. The minimum Gasteiger partial charge on any atom is -0.323 e. The zero-order valence-corrected chi connectivity index (χ0v) is 15.9. The largest absolute Gasteiger partial charge is 0.326 e. The highest BCUT2D eigenvalue weighted by Crippen LogP contribution is 2.42. The fourth-order valence-electron chi connectivity index (χ4n) is 4.00. The van der Waals surface area contributed by atoms with Gasteiger partial charge in [0.1, 0.15) is 5.54 Å². The highest BCUT2D eigenvalue weighted by Gasteiger charge is 2.56. The van der Waals surface area contributed by atoms with Crippen LogP contribution in [0.4, 0.5) is 4.79 Å². The van der Waals surface area contributed by atoms with Crippen molar-refractivity contribution < 1.29 is 9.59 Å². The van der Waals surface area contributed by atoms with Crippen molar-refractivity contribution >= 4 is 18.0 Å². The monoisotopic (exact) mass is 368 g/mol. The average molecular weight is 368 g/mol. The zero-order valence-electron chi connectivity index (χ0n) is 15.9. The fourth-order valence-corrected chi connectivity index (χ4v) is 4.00. The molecular formula is C21H28N4O2. The highest BCUT2D eigenvalue weighted by atomic mass is 16.2. The lowest BCUT2D eigenvalue weighted by molar-refractivity contribution is -0.133. The molecule has 27 heavy (non-hydrogen) atoms. The van der Waals surface area contributed by atoms with Crippen LogP contribution in [0.2, 0.25) is 0 Å². The lowest BCUT2D eigenvalue weighted by atomic mass is 9.96. The Morgan fingerprint density at radius 1 is 1.07 bits per heavy atom. The van der Waals surface area contributed by atoms with Crippen molar-refractivity contribution in [3.8, 4) is 0 Å². The summed E-state index contributed by atoms with van der Waals surface area (Å²) in [6.07, 6.45) is 6.42. The Labute approximate surface area is 160 Å². The summed E-state index contributed by atoms with van der Waals surface area (Å²) in [5, 5.41) is 2.93. The van der Waals surface area contributed by atoms with Crippen molar-refractivity contribution in [2.45, 2.75) is 25.3 Å². The second-order valence-corrected chi connectivity index (χ2v) is 8.01. The molecule has 1 unspecified atom stereocenters. The molecule has 6 nitrogen and oxygen atoms in total. The molecule has 3 amide bonds. The van der Waals surface area contributed by atoms with Crippen LogP contribution in [0.3, 0.4) is 0 Å². The first-order chi connectivity index (χ1) is 13.1. The van der Waals surface area contributed by atoms with E-state index in [0.29, 0.717) is 12.6 Å². The van der Waals surface area contributed by atoms with Crippen molar-refractivity contribution in [3.63, 3.8) is 0 Å². The molecular weight excluding hydrogens is 340 g/mol. The van der Waals surface area contributed by atoms with Crippen LogP contribution < -0.4 is 5.32 Å². The molecule has 0 spiro atoms. The Kier molecular flexibility index (Phi) is 5.02. The lowest BCUT2D eigenvalue weighted by Gasteiger charge is -2.35. The van der Waals surface area contributed by atoms with Crippen LogP contribution in [-0.2, 0) is 4.79 Å². The van der Waals surface area contributed by atoms with Crippen LogP contribution in [-0.4, -0.2) is 71.6 Å². The molecule has 1 aliphatic carbocycles. The Morgan fingerprint density at radius 2 is 1.74 bits per heavy atom. The molecule has 1 N–H and O–H groups in total. The van der Waals surface area contributed by atoms with E-state index in [1.165, 1.54) is 10.5 Å². The number of benzene rings is 1. The number of hydrogen-bond acceptors (Lipinski definition) is 4. The summed E-state index contributed by atoms with van der Waals surface area (Å²) < 4.78 is 0. The third-order valence-electron chi connectivity index (χ3n) is 5.97. The number of carbonyl (C=O) groups excluding carboxylic acids is 2. The molecule has 2 heterocycles. The van der Waals surface area contributed by atoms with Crippen molar-refractivity contribution in [2.75, 3.05) is 39.4 Å². The van der Waals surface area contributed by atoms with Gasteiger partial charge in [-0.05, 0) is 31.2 Å². The number of nitrogens with one attached hydrogen (secondary N) is 1. The van der Waals surface area contributed by atoms with Gasteiger partial charge >= 0.3 is 6.03 Å². The summed E-state index contributed by atoms with van der Waals surface area (Å²) in [4.78, 5) is 31.0. The van der Waals surface area contributed by atoms with E-state index in [1.54, 1.807) is 0 Å². The summed E-state index contributed by atoms with van der Waals surface area (Å²) in [5.41, 5.74) is 0.537. The van der Waals surface area contributed by atoms with E-state index >= 15 is 0 Å². The van der Waals surface area contributed by atoms with Gasteiger partial charge in [0.2, 0.25) is 0 Å². The van der Waals surface area contributed by atoms with Gasteiger partial charge in [-0.1, -0.05) is 42.5 Å². The maximum atomic E-state index is 12.7. The van der Waals surface area contributed by atoms with Crippen molar-refractivity contribution in [3.05, 3.63) is 42.0 Å². The normalized spacial score (nSPS) is 27.5. The molecule has 0 radical (unpaired) electrons. The number of amides is 3. The number of carbonyl (C=O) groups is 2. The van der Waals surface area contributed by atoms with Gasteiger partial charge in [0, 0.05) is 32.7 Å². The van der Waals surface area contributed by atoms with E-state index in [1.807, 2.05) is 25.1 Å². The lowest BCUT2D eigenvalue weighted by Crippen LogP contribution is -2.52. The Hall–Kier alpha value is -2.18. The highest BCUT2D eigenvalue weighted by molar-refractivity contribution is 6.07. The van der Waals surface area contributed by atoms with Crippen molar-refractivity contribution in [1.82, 2.24) is 20.0 Å². The fraction of sp³-hybridized carbons (Fsp3) is 0.524. The predicted molar refractivity (Wildman–Crippen MR) is 105 cm³/mol. The average Bonchev–Trinajstić information content (AvgIpc) is 3.50. The number of imide groups is 1. The Bertz CT molecular complexity index is 723. The third-order valence-corrected chi connectivity index (χ3v) is 5.97. The second-order valence-electron chi connectivity index (χ2n) is 8.01. The quantitative estimate of drug-likeness (QED) is 0.781. The molecule has 6 heteroatoms. The number of rotatable bonds is 6. The molecule has 0 aromatic heterocycles. The standard InChI is InChI=1S/C21H28N4O2/c1-21(18-9-10-18)19(26)25(20(27)22-21)16-24-14-12-23(13-15-24)11-5-8-17-6-3-2-4-7-17/h2-8,18H,9-16H2,1H3,(H,22,27)/b8-5+. The maximum Gasteiger partial charge on any atom is 0.326 e. The second kappa shape index (κ2) is 7.44. The van der Waals surface area contributed by atoms with Gasteiger partial charge in [0.15, 0.2) is 0 Å². The van der Waals surface area contributed by atoms with Gasteiger partial charge < -0.3 is 5.32 Å². The maximum absolute atomic E-state index is 12.7. The summed E-state index contributed by atoms with van der Waals surface area (Å²) in [7, 11) is 0. The van der Waals surface area contributed by atoms with E-state index in [2.05, 4.69) is 39.4 Å². The molecule has 0 bridgehead atoms. The van der Waals surface area contributed by atoms with Crippen molar-refractivity contribution in [2.24, 2.45) is 5.92 Å². The van der Waals surface area contributed by atoms with E-state index in [-0.39, 0.29) is 11.9 Å². The van der Waals surface area contributed by atoms with E-state index in [9.17, 15) is 9.59 Å². The number of urea groups is 1. The molecule has 1 atom stereocenters. The first kappa shape index (κ1) is 18.2. The van der Waals surface area contributed by atoms with Crippen molar-refractivity contribution in [1.29, 1.82) is 0 Å². The smallest absolute Gasteiger partial charge is 0.323 e. The van der Waals surface area contributed by atoms with Crippen LogP contribution in [0.1, 0.15) is 25.3 Å². The van der Waals surface area contributed by atoms with Crippen LogP contribution >= 0.6 is 0 Å². The minimum absolute atomic E-state index is 0.0526. The minimum atomic E-state index is -0.679. The number of hydrogen-bond donors (Lipinski definition) is 1. The molecule has 4 rings (SSSR count). The van der Waals surface area contributed by atoms with Gasteiger partial charge in [0.05, 0.1) is 6.67 Å². The van der Waals surface area contributed by atoms with E-state index in [4.69, 9.17) is 0 Å². The van der Waals surface area contributed by atoms with Gasteiger partial charge in [-0.2, -0.15) is 0 Å². The van der Waals surface area contributed by atoms with Crippen LogP contribution in [0.25, 0.3) is 6.08 Å². The van der Waals surface area contributed by atoms with Crippen LogP contribution in [0, 0.1) is 5.92 Å². The van der Waals surface area contributed by atoms with Gasteiger partial charge in [-0.15, -0.1) is 0 Å². The van der Waals surface area contributed by atoms with Gasteiger partial charge in [-0.3, -0.25) is 14.6 Å². The molecule has 1 saturated carbocycles. The Morgan fingerprint density at radius 3 is 2.41 bits per heavy atom. The summed E-state index contributed by atoms with van der Waals surface area (Å²) in [5.74, 6) is 0.260. The van der Waals surface area contributed by atoms with Crippen LogP contribution in [0.15, 0.2) is 36.4 Å². The predicted octanol–water partition coefficient (Wildman–Crippen LogP) is 2.00. The number of piperazine rings is 1. The summed E-state index contributed by atoms with van der Waals surface area (Å²) >= 11 is 0. The molecule has 1 aromatic carbocycles. The molecule has 3 aliphatic rings. The molecule has 2 saturated heterocycles. The summed E-state index contributed by atoms with van der Waals surface area (Å²) in [6, 6.07) is 10.1. The van der Waals surface area contributed by atoms with E-state index < -0.39 is 5.54 Å². The molecule has 3 fully saturated rings. The first-order valence-electron chi connectivity index (χ1n) is 9.87. The number of nitrogens with zero attached hydrogens (tertiary/aromatic N) is 3. The molecule has 1 aromatic rings.